The smallest absolute Gasteiger partial charge is 0.321 e. The molecule has 1 N–H and O–H groups in total. The Labute approximate surface area is 90.1 Å². The molecule has 3 nitrogen and oxygen atoms in total. The molecule has 0 spiro atoms. The molecule has 15 heavy (non-hydrogen) atoms. The SMILES string of the molecule is CN(C)C(=O)Nc1cccc(C2CC2)c1. The fraction of sp³-hybridized carbons (Fsp3) is 0.417. The van der Waals surface area contributed by atoms with E-state index in [0.29, 0.717) is 0 Å². The predicted octanol–water partition coefficient (Wildman–Crippen LogP) is 2.66. The quantitative estimate of drug-likeness (QED) is 0.789. The maximum absolute atomic E-state index is 11.4. The van der Waals surface area contributed by atoms with Crippen molar-refractivity contribution < 1.29 is 4.79 Å². The molecule has 0 aliphatic heterocycles. The van der Waals surface area contributed by atoms with Gasteiger partial charge in [-0.05, 0) is 36.5 Å². The number of rotatable bonds is 2. The lowest BCUT2D eigenvalue weighted by molar-refractivity contribution is 0.230. The van der Waals surface area contributed by atoms with Gasteiger partial charge in [-0.25, -0.2) is 4.79 Å². The van der Waals surface area contributed by atoms with Gasteiger partial charge in [0.15, 0.2) is 0 Å². The molecule has 0 aromatic heterocycles. The Balaban J connectivity index is 2.07. The van der Waals surface area contributed by atoms with Crippen LogP contribution in [0.2, 0.25) is 0 Å². The van der Waals surface area contributed by atoms with Crippen LogP contribution in [0.5, 0.6) is 0 Å². The van der Waals surface area contributed by atoms with Crippen LogP contribution < -0.4 is 5.32 Å². The van der Waals surface area contributed by atoms with Gasteiger partial charge >= 0.3 is 6.03 Å². The van der Waals surface area contributed by atoms with E-state index in [2.05, 4.69) is 17.4 Å². The largest absolute Gasteiger partial charge is 0.331 e. The van der Waals surface area contributed by atoms with E-state index in [0.717, 1.165) is 11.6 Å². The van der Waals surface area contributed by atoms with Gasteiger partial charge in [-0.1, -0.05) is 12.1 Å². The van der Waals surface area contributed by atoms with Crippen molar-refractivity contribution in [3.8, 4) is 0 Å². The van der Waals surface area contributed by atoms with Crippen molar-refractivity contribution in [3.63, 3.8) is 0 Å². The molecule has 0 atom stereocenters. The van der Waals surface area contributed by atoms with E-state index in [1.54, 1.807) is 14.1 Å². The third-order valence-electron chi connectivity index (χ3n) is 2.59. The highest BCUT2D eigenvalue weighted by atomic mass is 16.2. The summed E-state index contributed by atoms with van der Waals surface area (Å²) in [5, 5.41) is 2.85. The van der Waals surface area contributed by atoms with Crippen LogP contribution in [-0.4, -0.2) is 25.0 Å². The van der Waals surface area contributed by atoms with E-state index in [-0.39, 0.29) is 6.03 Å². The Hall–Kier alpha value is -1.51. The van der Waals surface area contributed by atoms with Gasteiger partial charge < -0.3 is 10.2 Å². The number of carbonyl (C=O) groups excluding carboxylic acids is 1. The zero-order valence-electron chi connectivity index (χ0n) is 9.16. The third kappa shape index (κ3) is 2.49. The minimum atomic E-state index is -0.0806. The van der Waals surface area contributed by atoms with E-state index >= 15 is 0 Å². The summed E-state index contributed by atoms with van der Waals surface area (Å²) in [5.41, 5.74) is 2.23. The second-order valence-corrected chi connectivity index (χ2v) is 4.22. The summed E-state index contributed by atoms with van der Waals surface area (Å²) in [5.74, 6) is 0.723. The van der Waals surface area contributed by atoms with E-state index in [1.165, 1.54) is 23.3 Å². The van der Waals surface area contributed by atoms with E-state index < -0.39 is 0 Å². The van der Waals surface area contributed by atoms with Gasteiger partial charge in [0.2, 0.25) is 0 Å². The van der Waals surface area contributed by atoms with Gasteiger partial charge in [0, 0.05) is 19.8 Å². The van der Waals surface area contributed by atoms with Gasteiger partial charge in [0.25, 0.3) is 0 Å². The number of benzene rings is 1. The van der Waals surface area contributed by atoms with Crippen molar-refractivity contribution in [1.82, 2.24) is 4.90 Å². The highest BCUT2D eigenvalue weighted by Gasteiger charge is 2.23. The molecule has 2 rings (SSSR count). The summed E-state index contributed by atoms with van der Waals surface area (Å²) < 4.78 is 0. The van der Waals surface area contributed by atoms with Crippen molar-refractivity contribution in [3.05, 3.63) is 29.8 Å². The Morgan fingerprint density at radius 1 is 1.40 bits per heavy atom. The second-order valence-electron chi connectivity index (χ2n) is 4.22. The van der Waals surface area contributed by atoms with Gasteiger partial charge in [-0.3, -0.25) is 0 Å². The molecule has 1 saturated carbocycles. The summed E-state index contributed by atoms with van der Waals surface area (Å²) in [4.78, 5) is 13.0. The fourth-order valence-corrected chi connectivity index (χ4v) is 1.52. The average Bonchev–Trinajstić information content (AvgIpc) is 3.01. The number of carbonyl (C=O) groups is 1. The van der Waals surface area contributed by atoms with Gasteiger partial charge in [-0.2, -0.15) is 0 Å². The lowest BCUT2D eigenvalue weighted by Gasteiger charge is -2.12. The van der Waals surface area contributed by atoms with Crippen molar-refractivity contribution >= 4 is 11.7 Å². The van der Waals surface area contributed by atoms with Crippen molar-refractivity contribution in [2.24, 2.45) is 0 Å². The van der Waals surface area contributed by atoms with Crippen LogP contribution in [0, 0.1) is 0 Å². The first-order valence-corrected chi connectivity index (χ1v) is 5.25. The molecule has 0 bridgehead atoms. The summed E-state index contributed by atoms with van der Waals surface area (Å²) in [6.07, 6.45) is 2.57. The van der Waals surface area contributed by atoms with Crippen LogP contribution in [-0.2, 0) is 0 Å². The highest BCUT2D eigenvalue weighted by molar-refractivity contribution is 5.89. The zero-order valence-corrected chi connectivity index (χ0v) is 9.16. The number of nitrogens with one attached hydrogen (secondary N) is 1. The van der Waals surface area contributed by atoms with Crippen molar-refractivity contribution in [2.45, 2.75) is 18.8 Å². The van der Waals surface area contributed by atoms with Gasteiger partial charge in [0.05, 0.1) is 0 Å². The van der Waals surface area contributed by atoms with Crippen LogP contribution >= 0.6 is 0 Å². The maximum atomic E-state index is 11.4. The van der Waals surface area contributed by atoms with Gasteiger partial charge in [0.1, 0.15) is 0 Å². The molecular weight excluding hydrogens is 188 g/mol. The van der Waals surface area contributed by atoms with Crippen LogP contribution in [0.1, 0.15) is 24.3 Å². The Bertz CT molecular complexity index is 370. The predicted molar refractivity (Wildman–Crippen MR) is 61.1 cm³/mol. The third-order valence-corrected chi connectivity index (χ3v) is 2.59. The van der Waals surface area contributed by atoms with Gasteiger partial charge in [-0.15, -0.1) is 0 Å². The molecule has 3 heteroatoms. The van der Waals surface area contributed by atoms with E-state index in [4.69, 9.17) is 0 Å². The summed E-state index contributed by atoms with van der Waals surface area (Å²) in [6, 6.07) is 8.04. The second kappa shape index (κ2) is 3.93. The van der Waals surface area contributed by atoms with Crippen molar-refractivity contribution in [1.29, 1.82) is 0 Å². The molecule has 1 aromatic carbocycles. The molecule has 80 valence electrons. The monoisotopic (exact) mass is 204 g/mol. The molecule has 1 aliphatic rings. The minimum Gasteiger partial charge on any atom is -0.331 e. The summed E-state index contributed by atoms with van der Waals surface area (Å²) >= 11 is 0. The normalized spacial score (nSPS) is 14.8. The topological polar surface area (TPSA) is 32.3 Å². The molecule has 1 aliphatic carbocycles. The molecule has 0 unspecified atom stereocenters. The first-order valence-electron chi connectivity index (χ1n) is 5.25. The molecule has 0 heterocycles. The average molecular weight is 204 g/mol. The standard InChI is InChI=1S/C12H16N2O/c1-14(2)12(15)13-11-5-3-4-10(8-11)9-6-7-9/h3-5,8-9H,6-7H2,1-2H3,(H,13,15). The van der Waals surface area contributed by atoms with E-state index in [9.17, 15) is 4.79 Å². The lowest BCUT2D eigenvalue weighted by Crippen LogP contribution is -2.27. The summed E-state index contributed by atoms with van der Waals surface area (Å²) in [7, 11) is 3.47. The van der Waals surface area contributed by atoms with E-state index in [1.807, 2.05) is 12.1 Å². The first kappa shape index (κ1) is 10.0. The fourth-order valence-electron chi connectivity index (χ4n) is 1.52. The maximum Gasteiger partial charge on any atom is 0.321 e. The number of urea groups is 1. The van der Waals surface area contributed by atoms with Crippen LogP contribution in [0.25, 0.3) is 0 Å². The Morgan fingerprint density at radius 3 is 2.73 bits per heavy atom. The zero-order chi connectivity index (χ0) is 10.8. The Morgan fingerprint density at radius 2 is 2.13 bits per heavy atom. The molecule has 1 aromatic rings. The lowest BCUT2D eigenvalue weighted by atomic mass is 10.1. The Kier molecular flexibility index (Phi) is 2.62. The van der Waals surface area contributed by atoms with Crippen LogP contribution in [0.15, 0.2) is 24.3 Å². The number of hydrogen-bond donors (Lipinski definition) is 1. The first-order chi connectivity index (χ1) is 7.16. The number of hydrogen-bond acceptors (Lipinski definition) is 1. The highest BCUT2D eigenvalue weighted by Crippen LogP contribution is 2.40. The molecular formula is C12H16N2O. The number of nitrogens with zero attached hydrogens (tertiary/aromatic N) is 1. The van der Waals surface area contributed by atoms with Crippen molar-refractivity contribution in [2.75, 3.05) is 19.4 Å². The molecule has 0 saturated heterocycles. The molecule has 0 radical (unpaired) electrons. The summed E-state index contributed by atoms with van der Waals surface area (Å²) in [6.45, 7) is 0. The minimum absolute atomic E-state index is 0.0806. The molecule has 2 amide bonds. The van der Waals surface area contributed by atoms with Crippen LogP contribution in [0.3, 0.4) is 0 Å². The molecule has 1 fully saturated rings. The number of anilines is 1. The number of amides is 2. The van der Waals surface area contributed by atoms with Crippen LogP contribution in [0.4, 0.5) is 10.5 Å².